The first-order valence-electron chi connectivity index (χ1n) is 13.0. The average Bonchev–Trinajstić information content (AvgIpc) is 3.21. The topological polar surface area (TPSA) is 75.0 Å². The van der Waals surface area contributed by atoms with Crippen molar-refractivity contribution in [3.05, 3.63) is 60.1 Å². The van der Waals surface area contributed by atoms with Crippen LogP contribution in [0.3, 0.4) is 0 Å². The molecule has 0 saturated carbocycles. The number of hydrogen-bond acceptors (Lipinski definition) is 7. The van der Waals surface area contributed by atoms with Crippen LogP contribution in [0.15, 0.2) is 42.9 Å². The van der Waals surface area contributed by atoms with Crippen LogP contribution in [0.4, 0.5) is 16.0 Å². The molecule has 3 aromatic heterocycles. The molecule has 9 heteroatoms. The van der Waals surface area contributed by atoms with Crippen molar-refractivity contribution in [2.45, 2.75) is 40.8 Å². The van der Waals surface area contributed by atoms with Gasteiger partial charge in [-0.3, -0.25) is 4.90 Å². The molecular weight excluding hydrogens is 467 g/mol. The van der Waals surface area contributed by atoms with Gasteiger partial charge >= 0.3 is 0 Å². The van der Waals surface area contributed by atoms with Crippen LogP contribution in [-0.2, 0) is 13.1 Å². The number of nitrogens with zero attached hydrogens (tertiary/aromatic N) is 7. The summed E-state index contributed by atoms with van der Waals surface area (Å²) in [4.78, 5) is 22.8. The molecule has 0 unspecified atom stereocenters. The Morgan fingerprint density at radius 2 is 1.76 bits per heavy atom. The number of benzene rings is 1. The number of halogens is 1. The molecule has 1 aliphatic rings. The van der Waals surface area contributed by atoms with Gasteiger partial charge in [0.2, 0.25) is 0 Å². The molecule has 4 aromatic rings. The summed E-state index contributed by atoms with van der Waals surface area (Å²) in [5.41, 5.74) is 3.69. The van der Waals surface area contributed by atoms with Crippen LogP contribution in [0, 0.1) is 18.7 Å². The van der Waals surface area contributed by atoms with Crippen molar-refractivity contribution >= 4 is 22.7 Å². The Bertz CT molecular complexity index is 1360. The van der Waals surface area contributed by atoms with Crippen LogP contribution in [-0.4, -0.2) is 67.0 Å². The Kier molecular flexibility index (Phi) is 7.43. The van der Waals surface area contributed by atoms with Crippen LogP contribution in [0.25, 0.3) is 22.3 Å². The second-order valence-corrected chi connectivity index (χ2v) is 10.2. The summed E-state index contributed by atoms with van der Waals surface area (Å²) in [6, 6.07) is 9.34. The number of pyridine rings is 1. The van der Waals surface area contributed by atoms with Crippen LogP contribution >= 0.6 is 0 Å². The SMILES string of the molecule is CCN1CCN(Cc2ccc(Nc3cc(-c4cc(F)c5nc(C)n(CC(C)C)c5c4)ncn3)nc2)CC1. The van der Waals surface area contributed by atoms with Crippen molar-refractivity contribution in [3.63, 3.8) is 0 Å². The number of anilines is 2. The summed E-state index contributed by atoms with van der Waals surface area (Å²) in [5.74, 6) is 2.19. The summed E-state index contributed by atoms with van der Waals surface area (Å²) < 4.78 is 17.1. The Labute approximate surface area is 217 Å². The highest BCUT2D eigenvalue weighted by atomic mass is 19.1. The lowest BCUT2D eigenvalue weighted by Gasteiger charge is -2.33. The lowest BCUT2D eigenvalue weighted by Crippen LogP contribution is -2.45. The molecule has 194 valence electrons. The first-order chi connectivity index (χ1) is 17.9. The highest BCUT2D eigenvalue weighted by Crippen LogP contribution is 2.28. The summed E-state index contributed by atoms with van der Waals surface area (Å²) in [7, 11) is 0. The first-order valence-corrected chi connectivity index (χ1v) is 13.0. The molecule has 1 aliphatic heterocycles. The number of piperazine rings is 1. The average molecular weight is 503 g/mol. The van der Waals surface area contributed by atoms with Crippen molar-refractivity contribution in [2.24, 2.45) is 5.92 Å². The van der Waals surface area contributed by atoms with E-state index in [4.69, 9.17) is 0 Å². The van der Waals surface area contributed by atoms with Crippen molar-refractivity contribution in [2.75, 3.05) is 38.0 Å². The first kappa shape index (κ1) is 25.2. The Morgan fingerprint density at radius 1 is 0.973 bits per heavy atom. The van der Waals surface area contributed by atoms with E-state index in [-0.39, 0.29) is 5.82 Å². The van der Waals surface area contributed by atoms with Gasteiger partial charge in [-0.15, -0.1) is 0 Å². The number of nitrogens with one attached hydrogen (secondary N) is 1. The molecule has 37 heavy (non-hydrogen) atoms. The van der Waals surface area contributed by atoms with E-state index in [2.05, 4.69) is 66.5 Å². The molecule has 0 bridgehead atoms. The standard InChI is InChI=1S/C28H35FN8/c1-5-35-8-10-36(11-9-35)17-21-6-7-26(30-15-21)34-27-14-24(31-18-32-27)22-12-23(29)28-25(13-22)37(16-19(2)3)20(4)33-28/h6-7,12-15,18-19H,5,8-11,16-17H2,1-4H3,(H,30,31,32,34). The smallest absolute Gasteiger partial charge is 0.151 e. The third kappa shape index (κ3) is 5.78. The fourth-order valence-electron chi connectivity index (χ4n) is 4.87. The maximum absolute atomic E-state index is 15.0. The monoisotopic (exact) mass is 502 g/mol. The zero-order valence-electron chi connectivity index (χ0n) is 22.1. The van der Waals surface area contributed by atoms with Gasteiger partial charge in [-0.05, 0) is 43.1 Å². The Balaban J connectivity index is 1.31. The molecule has 1 aromatic carbocycles. The van der Waals surface area contributed by atoms with Gasteiger partial charge in [-0.25, -0.2) is 24.3 Å². The van der Waals surface area contributed by atoms with Gasteiger partial charge in [0.1, 0.15) is 29.3 Å². The largest absolute Gasteiger partial charge is 0.328 e. The number of likely N-dealkylation sites (N-methyl/N-ethyl adjacent to an activating group) is 1. The zero-order valence-corrected chi connectivity index (χ0v) is 22.1. The summed E-state index contributed by atoms with van der Waals surface area (Å²) in [6.45, 7) is 15.6. The van der Waals surface area contributed by atoms with E-state index in [1.54, 1.807) is 0 Å². The van der Waals surface area contributed by atoms with Gasteiger partial charge in [-0.2, -0.15) is 0 Å². The van der Waals surface area contributed by atoms with Gasteiger partial charge in [0.25, 0.3) is 0 Å². The van der Waals surface area contributed by atoms with Gasteiger partial charge in [-0.1, -0.05) is 26.8 Å². The molecule has 1 fully saturated rings. The van der Waals surface area contributed by atoms with Gasteiger partial charge in [0.05, 0.1) is 11.2 Å². The number of rotatable bonds is 8. The van der Waals surface area contributed by atoms with Crippen LogP contribution < -0.4 is 5.32 Å². The summed E-state index contributed by atoms with van der Waals surface area (Å²) >= 11 is 0. The molecule has 5 rings (SSSR count). The van der Waals surface area contributed by atoms with Crippen molar-refractivity contribution < 1.29 is 4.39 Å². The zero-order chi connectivity index (χ0) is 25.9. The molecule has 0 amide bonds. The van der Waals surface area contributed by atoms with E-state index in [0.29, 0.717) is 34.3 Å². The number of aromatic nitrogens is 5. The molecule has 0 aliphatic carbocycles. The van der Waals surface area contributed by atoms with E-state index in [9.17, 15) is 0 Å². The van der Waals surface area contributed by atoms with Gasteiger partial charge < -0.3 is 14.8 Å². The van der Waals surface area contributed by atoms with Crippen molar-refractivity contribution in [1.82, 2.24) is 34.3 Å². The fourth-order valence-corrected chi connectivity index (χ4v) is 4.87. The fraction of sp³-hybridized carbons (Fsp3) is 0.429. The van der Waals surface area contributed by atoms with Gasteiger partial charge in [0, 0.05) is 57.1 Å². The molecule has 0 spiro atoms. The predicted octanol–water partition coefficient (Wildman–Crippen LogP) is 4.87. The van der Waals surface area contributed by atoms with E-state index in [0.717, 1.165) is 57.2 Å². The minimum absolute atomic E-state index is 0.348. The van der Waals surface area contributed by atoms with Crippen LogP contribution in [0.1, 0.15) is 32.2 Å². The molecule has 4 heterocycles. The molecule has 0 radical (unpaired) electrons. The highest BCUT2D eigenvalue weighted by Gasteiger charge is 2.17. The second kappa shape index (κ2) is 10.9. The molecule has 8 nitrogen and oxygen atoms in total. The third-order valence-electron chi connectivity index (χ3n) is 6.91. The lowest BCUT2D eigenvalue weighted by molar-refractivity contribution is 0.132. The van der Waals surface area contributed by atoms with Crippen LogP contribution in [0.2, 0.25) is 0 Å². The number of imidazole rings is 1. The van der Waals surface area contributed by atoms with Crippen molar-refractivity contribution in [1.29, 1.82) is 0 Å². The number of aryl methyl sites for hydroxylation is 1. The van der Waals surface area contributed by atoms with Gasteiger partial charge in [0.15, 0.2) is 5.82 Å². The minimum Gasteiger partial charge on any atom is -0.328 e. The normalized spacial score (nSPS) is 15.1. The quantitative estimate of drug-likeness (QED) is 0.368. The van der Waals surface area contributed by atoms with Crippen molar-refractivity contribution in [3.8, 4) is 11.3 Å². The Hall–Kier alpha value is -3.43. The van der Waals surface area contributed by atoms with E-state index in [1.165, 1.54) is 18.0 Å². The molecule has 0 atom stereocenters. The third-order valence-corrected chi connectivity index (χ3v) is 6.91. The maximum atomic E-state index is 15.0. The number of hydrogen-bond donors (Lipinski definition) is 1. The highest BCUT2D eigenvalue weighted by molar-refractivity contribution is 5.83. The second-order valence-electron chi connectivity index (χ2n) is 10.2. The summed E-state index contributed by atoms with van der Waals surface area (Å²) in [6.07, 6.45) is 3.40. The predicted molar refractivity (Wildman–Crippen MR) is 145 cm³/mol. The molecule has 1 saturated heterocycles. The minimum atomic E-state index is -0.348. The number of fused-ring (bicyclic) bond motifs is 1. The van der Waals surface area contributed by atoms with E-state index >= 15 is 4.39 Å². The molecular formula is C28H35FN8. The molecule has 1 N–H and O–H groups in total. The van der Waals surface area contributed by atoms with E-state index in [1.807, 2.05) is 31.3 Å². The Morgan fingerprint density at radius 3 is 2.46 bits per heavy atom. The van der Waals surface area contributed by atoms with Crippen LogP contribution in [0.5, 0.6) is 0 Å². The lowest BCUT2D eigenvalue weighted by atomic mass is 10.1. The summed E-state index contributed by atoms with van der Waals surface area (Å²) in [5, 5.41) is 3.26. The van der Waals surface area contributed by atoms with E-state index < -0.39 is 0 Å². The maximum Gasteiger partial charge on any atom is 0.151 e.